The van der Waals surface area contributed by atoms with Crippen molar-refractivity contribution in [2.75, 3.05) is 0 Å². The molecule has 4 nitrogen and oxygen atoms in total. The summed E-state index contributed by atoms with van der Waals surface area (Å²) in [6.07, 6.45) is 3.77. The Hall–Kier alpha value is -1.58. The maximum atomic E-state index is 11.1. The van der Waals surface area contributed by atoms with E-state index in [1.807, 2.05) is 0 Å². The summed E-state index contributed by atoms with van der Waals surface area (Å²) in [7, 11) is 0. The summed E-state index contributed by atoms with van der Waals surface area (Å²) in [5.41, 5.74) is 1.71. The second-order valence-electron chi connectivity index (χ2n) is 3.03. The zero-order valence-corrected chi connectivity index (χ0v) is 6.99. The number of aldehydes is 1. The molecule has 0 saturated carbocycles. The van der Waals surface area contributed by atoms with E-state index in [0.29, 0.717) is 25.5 Å². The van der Waals surface area contributed by atoms with Crippen LogP contribution < -0.4 is 0 Å². The van der Waals surface area contributed by atoms with Crippen LogP contribution in [-0.2, 0) is 17.6 Å². The molecular formula is C9H8N2O2. The molecule has 0 saturated heterocycles. The minimum atomic E-state index is 0.202. The van der Waals surface area contributed by atoms with Gasteiger partial charge < -0.3 is 0 Å². The second kappa shape index (κ2) is 3.05. The van der Waals surface area contributed by atoms with Crippen LogP contribution in [-0.4, -0.2) is 22.0 Å². The molecule has 0 amide bonds. The summed E-state index contributed by atoms with van der Waals surface area (Å²) in [4.78, 5) is 29.3. The van der Waals surface area contributed by atoms with Crippen LogP contribution in [0.15, 0.2) is 6.20 Å². The minimum Gasteiger partial charge on any atom is -0.299 e. The second-order valence-corrected chi connectivity index (χ2v) is 3.03. The van der Waals surface area contributed by atoms with Gasteiger partial charge in [0.05, 0.1) is 0 Å². The number of rotatable bonds is 1. The van der Waals surface area contributed by atoms with Gasteiger partial charge in [-0.1, -0.05) is 0 Å². The molecule has 0 aromatic carbocycles. The smallest absolute Gasteiger partial charge is 0.192 e. The molecule has 66 valence electrons. The lowest BCUT2D eigenvalue weighted by Crippen LogP contribution is -2.16. The van der Waals surface area contributed by atoms with Crippen LogP contribution in [0.2, 0.25) is 0 Å². The van der Waals surface area contributed by atoms with Crippen molar-refractivity contribution in [1.29, 1.82) is 0 Å². The van der Waals surface area contributed by atoms with Crippen LogP contribution in [0.1, 0.15) is 28.3 Å². The Labute approximate surface area is 75.0 Å². The first kappa shape index (κ1) is 8.04. The maximum absolute atomic E-state index is 11.1. The summed E-state index contributed by atoms with van der Waals surface area (Å²) in [5.74, 6) is 0.419. The van der Waals surface area contributed by atoms with Crippen molar-refractivity contribution in [2.24, 2.45) is 0 Å². The largest absolute Gasteiger partial charge is 0.299 e. The Morgan fingerprint density at radius 2 is 2.23 bits per heavy atom. The third-order valence-electron chi connectivity index (χ3n) is 2.11. The van der Waals surface area contributed by atoms with Gasteiger partial charge in [0.2, 0.25) is 0 Å². The van der Waals surface area contributed by atoms with Gasteiger partial charge in [0.1, 0.15) is 5.78 Å². The molecule has 0 atom stereocenters. The normalized spacial score (nSPS) is 15.2. The molecule has 0 fully saturated rings. The fourth-order valence-electron chi connectivity index (χ4n) is 1.44. The monoisotopic (exact) mass is 176 g/mol. The van der Waals surface area contributed by atoms with Crippen LogP contribution in [0.25, 0.3) is 0 Å². The lowest BCUT2D eigenvalue weighted by atomic mass is 9.96. The molecular weight excluding hydrogens is 168 g/mol. The van der Waals surface area contributed by atoms with Gasteiger partial charge >= 0.3 is 0 Å². The van der Waals surface area contributed by atoms with Gasteiger partial charge in [-0.2, -0.15) is 0 Å². The van der Waals surface area contributed by atoms with Crippen LogP contribution in [0.4, 0.5) is 0 Å². The molecule has 0 radical (unpaired) electrons. The fourth-order valence-corrected chi connectivity index (χ4v) is 1.44. The third kappa shape index (κ3) is 1.47. The van der Waals surface area contributed by atoms with E-state index in [1.54, 1.807) is 6.20 Å². The first-order valence-electron chi connectivity index (χ1n) is 4.11. The van der Waals surface area contributed by atoms with Crippen LogP contribution in [0.3, 0.4) is 0 Å². The SMILES string of the molecule is O=Cc1ncc2c(n1)CCC(=O)C2. The number of nitrogens with zero attached hydrogens (tertiary/aromatic N) is 2. The molecule has 0 spiro atoms. The first-order valence-corrected chi connectivity index (χ1v) is 4.11. The van der Waals surface area contributed by atoms with Gasteiger partial charge in [0.25, 0.3) is 0 Å². The van der Waals surface area contributed by atoms with Crippen LogP contribution in [0.5, 0.6) is 0 Å². The summed E-state index contributed by atoms with van der Waals surface area (Å²) < 4.78 is 0. The standard InChI is InChI=1S/C9H8N2O2/c12-5-9-10-4-6-3-7(13)1-2-8(6)11-9/h4-5H,1-3H2. The van der Waals surface area contributed by atoms with Crippen LogP contribution in [0, 0.1) is 0 Å². The van der Waals surface area contributed by atoms with E-state index in [9.17, 15) is 9.59 Å². The Morgan fingerprint density at radius 3 is 3.00 bits per heavy atom. The third-order valence-corrected chi connectivity index (χ3v) is 2.11. The summed E-state index contributed by atoms with van der Waals surface area (Å²) >= 11 is 0. The number of ketones is 1. The van der Waals surface area contributed by atoms with E-state index >= 15 is 0 Å². The van der Waals surface area contributed by atoms with Crippen molar-refractivity contribution in [3.8, 4) is 0 Å². The van der Waals surface area contributed by atoms with Crippen molar-refractivity contribution in [1.82, 2.24) is 9.97 Å². The molecule has 13 heavy (non-hydrogen) atoms. The van der Waals surface area contributed by atoms with E-state index < -0.39 is 0 Å². The molecule has 1 aliphatic rings. The highest BCUT2D eigenvalue weighted by atomic mass is 16.1. The summed E-state index contributed by atoms with van der Waals surface area (Å²) in [5, 5.41) is 0. The number of carbonyl (C=O) groups excluding carboxylic acids is 2. The number of hydrogen-bond donors (Lipinski definition) is 0. The van der Waals surface area contributed by atoms with Crippen molar-refractivity contribution in [3.63, 3.8) is 0 Å². The first-order chi connectivity index (χ1) is 6.29. The number of hydrogen-bond acceptors (Lipinski definition) is 4. The van der Waals surface area contributed by atoms with E-state index in [4.69, 9.17) is 0 Å². The van der Waals surface area contributed by atoms with Gasteiger partial charge in [-0.05, 0) is 12.0 Å². The van der Waals surface area contributed by atoms with E-state index in [0.717, 1.165) is 11.3 Å². The molecule has 0 aliphatic heterocycles. The molecule has 1 aromatic heterocycles. The van der Waals surface area contributed by atoms with E-state index in [2.05, 4.69) is 9.97 Å². The summed E-state index contributed by atoms with van der Waals surface area (Å²) in [6, 6.07) is 0. The highest BCUT2D eigenvalue weighted by molar-refractivity contribution is 5.83. The van der Waals surface area contributed by atoms with Crippen molar-refractivity contribution >= 4 is 12.1 Å². The van der Waals surface area contributed by atoms with Crippen molar-refractivity contribution in [2.45, 2.75) is 19.3 Å². The Bertz CT molecular complexity index is 374. The Kier molecular flexibility index (Phi) is 1.88. The van der Waals surface area contributed by atoms with Crippen LogP contribution >= 0.6 is 0 Å². The molecule has 1 aromatic rings. The maximum Gasteiger partial charge on any atom is 0.192 e. The average Bonchev–Trinajstić information content (AvgIpc) is 2.17. The predicted molar refractivity (Wildman–Crippen MR) is 44.5 cm³/mol. The number of aromatic nitrogens is 2. The highest BCUT2D eigenvalue weighted by Crippen LogP contribution is 2.15. The topological polar surface area (TPSA) is 59.9 Å². The molecule has 0 bridgehead atoms. The molecule has 1 heterocycles. The Balaban J connectivity index is 2.42. The molecule has 1 aliphatic carbocycles. The predicted octanol–water partition coefficient (Wildman–Crippen LogP) is 0.347. The van der Waals surface area contributed by atoms with E-state index in [1.165, 1.54) is 0 Å². The number of Topliss-reactive ketones (excluding diaryl/α,β-unsaturated/α-hetero) is 1. The average molecular weight is 176 g/mol. The van der Waals surface area contributed by atoms with Crippen molar-refractivity contribution in [3.05, 3.63) is 23.3 Å². The van der Waals surface area contributed by atoms with Gasteiger partial charge in [0, 0.05) is 24.7 Å². The highest BCUT2D eigenvalue weighted by Gasteiger charge is 2.17. The molecule has 0 N–H and O–H groups in total. The molecule has 2 rings (SSSR count). The lowest BCUT2D eigenvalue weighted by Gasteiger charge is -2.12. The zero-order chi connectivity index (χ0) is 9.26. The minimum absolute atomic E-state index is 0.202. The van der Waals surface area contributed by atoms with Crippen molar-refractivity contribution < 1.29 is 9.59 Å². The van der Waals surface area contributed by atoms with Gasteiger partial charge in [-0.3, -0.25) is 9.59 Å². The molecule has 4 heteroatoms. The zero-order valence-electron chi connectivity index (χ0n) is 6.99. The Morgan fingerprint density at radius 1 is 1.38 bits per heavy atom. The lowest BCUT2D eigenvalue weighted by molar-refractivity contribution is -0.118. The number of aryl methyl sites for hydroxylation is 1. The number of fused-ring (bicyclic) bond motifs is 1. The summed E-state index contributed by atoms with van der Waals surface area (Å²) in [6.45, 7) is 0. The van der Waals surface area contributed by atoms with Gasteiger partial charge in [0.15, 0.2) is 12.1 Å². The fraction of sp³-hybridized carbons (Fsp3) is 0.333. The quantitative estimate of drug-likeness (QED) is 0.579. The number of carbonyl (C=O) groups is 2. The van der Waals surface area contributed by atoms with Gasteiger partial charge in [-0.15, -0.1) is 0 Å². The molecule has 0 unspecified atom stereocenters. The van der Waals surface area contributed by atoms with Gasteiger partial charge in [-0.25, -0.2) is 9.97 Å². The van der Waals surface area contributed by atoms with E-state index in [-0.39, 0.29) is 11.6 Å².